The maximum Gasteiger partial charge on any atom is 0.227 e. The molecular weight excluding hydrogens is 392 g/mol. The van der Waals surface area contributed by atoms with Gasteiger partial charge in [-0.3, -0.25) is 9.59 Å². The fraction of sp³-hybridized carbons (Fsp3) is 0.250. The van der Waals surface area contributed by atoms with Crippen LogP contribution in [-0.2, 0) is 16.0 Å². The number of aromatic nitrogens is 2. The molecule has 1 unspecified atom stereocenters. The van der Waals surface area contributed by atoms with Crippen molar-refractivity contribution in [1.29, 1.82) is 0 Å². The number of nitrogens with one attached hydrogen (secondary N) is 1. The summed E-state index contributed by atoms with van der Waals surface area (Å²) in [6.07, 6.45) is 4.41. The smallest absolute Gasteiger partial charge is 0.227 e. The van der Waals surface area contributed by atoms with Crippen LogP contribution in [0.4, 0.5) is 5.69 Å². The highest BCUT2D eigenvalue weighted by Gasteiger charge is 2.34. The normalized spacial score (nSPS) is 15.7. The van der Waals surface area contributed by atoms with E-state index in [1.165, 1.54) is 0 Å². The van der Waals surface area contributed by atoms with Crippen molar-refractivity contribution in [3.8, 4) is 17.1 Å². The van der Waals surface area contributed by atoms with Gasteiger partial charge >= 0.3 is 0 Å². The first-order valence-corrected chi connectivity index (χ1v) is 10.2. The van der Waals surface area contributed by atoms with Crippen molar-refractivity contribution in [2.24, 2.45) is 5.92 Å². The van der Waals surface area contributed by atoms with Crippen molar-refractivity contribution >= 4 is 17.5 Å². The Morgan fingerprint density at radius 1 is 1.10 bits per heavy atom. The number of ether oxygens (including phenoxy) is 1. The second-order valence-corrected chi connectivity index (χ2v) is 7.43. The molecule has 4 rings (SSSR count). The van der Waals surface area contributed by atoms with Crippen LogP contribution < -0.4 is 15.0 Å². The number of benzene rings is 2. The Balaban J connectivity index is 1.27. The van der Waals surface area contributed by atoms with Gasteiger partial charge in [0, 0.05) is 43.2 Å². The van der Waals surface area contributed by atoms with Crippen LogP contribution in [0, 0.1) is 5.92 Å². The van der Waals surface area contributed by atoms with E-state index in [2.05, 4.69) is 15.3 Å². The summed E-state index contributed by atoms with van der Waals surface area (Å²) in [6.45, 7) is 0.853. The van der Waals surface area contributed by atoms with E-state index in [0.29, 0.717) is 25.3 Å². The maximum atomic E-state index is 12.6. The molecular formula is C24H24N4O3. The first-order chi connectivity index (χ1) is 15.1. The van der Waals surface area contributed by atoms with Gasteiger partial charge in [-0.2, -0.15) is 0 Å². The van der Waals surface area contributed by atoms with Crippen molar-refractivity contribution in [2.45, 2.75) is 12.8 Å². The maximum absolute atomic E-state index is 12.6. The third kappa shape index (κ3) is 4.88. The van der Waals surface area contributed by atoms with Crippen molar-refractivity contribution < 1.29 is 14.3 Å². The summed E-state index contributed by atoms with van der Waals surface area (Å²) >= 11 is 0. The highest BCUT2D eigenvalue weighted by Crippen LogP contribution is 2.26. The molecule has 1 N–H and O–H groups in total. The van der Waals surface area contributed by atoms with Crippen LogP contribution in [0.25, 0.3) is 11.4 Å². The molecule has 2 heterocycles. The van der Waals surface area contributed by atoms with Gasteiger partial charge in [0.25, 0.3) is 0 Å². The number of anilines is 1. The SMILES string of the molecule is COc1ccc(N2CC(C(=O)NCCc3cnc(-c4ccccc4)nc3)CC2=O)cc1. The third-order valence-electron chi connectivity index (χ3n) is 5.33. The van der Waals surface area contributed by atoms with E-state index < -0.39 is 0 Å². The van der Waals surface area contributed by atoms with Crippen molar-refractivity contribution in [2.75, 3.05) is 25.1 Å². The molecule has 0 saturated carbocycles. The van der Waals surface area contributed by atoms with Crippen LogP contribution in [0.1, 0.15) is 12.0 Å². The van der Waals surface area contributed by atoms with Crippen LogP contribution in [0.3, 0.4) is 0 Å². The summed E-state index contributed by atoms with van der Waals surface area (Å²) in [4.78, 5) is 35.4. The highest BCUT2D eigenvalue weighted by atomic mass is 16.5. The number of carbonyl (C=O) groups is 2. The molecule has 1 aliphatic rings. The predicted molar refractivity (Wildman–Crippen MR) is 118 cm³/mol. The van der Waals surface area contributed by atoms with Gasteiger partial charge in [-0.15, -0.1) is 0 Å². The number of nitrogens with zero attached hydrogens (tertiary/aromatic N) is 3. The largest absolute Gasteiger partial charge is 0.497 e. The first kappa shape index (κ1) is 20.5. The van der Waals surface area contributed by atoms with Crippen molar-refractivity contribution in [3.05, 3.63) is 72.6 Å². The monoisotopic (exact) mass is 416 g/mol. The minimum atomic E-state index is -0.355. The molecule has 2 aromatic carbocycles. The fourth-order valence-electron chi connectivity index (χ4n) is 3.59. The molecule has 1 aromatic heterocycles. The summed E-state index contributed by atoms with van der Waals surface area (Å²) in [6, 6.07) is 17.1. The van der Waals surface area contributed by atoms with Gasteiger partial charge < -0.3 is 15.0 Å². The lowest BCUT2D eigenvalue weighted by molar-refractivity contribution is -0.126. The van der Waals surface area contributed by atoms with E-state index in [9.17, 15) is 9.59 Å². The lowest BCUT2D eigenvalue weighted by Crippen LogP contribution is -2.34. The first-order valence-electron chi connectivity index (χ1n) is 10.2. The second kappa shape index (κ2) is 9.38. The van der Waals surface area contributed by atoms with Crippen LogP contribution in [0.2, 0.25) is 0 Å². The molecule has 0 bridgehead atoms. The molecule has 7 heteroatoms. The molecule has 1 fully saturated rings. The second-order valence-electron chi connectivity index (χ2n) is 7.43. The van der Waals surface area contributed by atoms with E-state index in [4.69, 9.17) is 4.74 Å². The molecule has 3 aromatic rings. The molecule has 158 valence electrons. The van der Waals surface area contributed by atoms with Gasteiger partial charge in [0.1, 0.15) is 5.75 Å². The molecule has 0 spiro atoms. The Bertz CT molecular complexity index is 1040. The molecule has 0 radical (unpaired) electrons. The van der Waals surface area contributed by atoms with Gasteiger partial charge in [0.2, 0.25) is 11.8 Å². The molecule has 1 saturated heterocycles. The van der Waals surface area contributed by atoms with E-state index in [1.54, 1.807) is 36.5 Å². The summed E-state index contributed by atoms with van der Waals surface area (Å²) in [5.41, 5.74) is 2.69. The van der Waals surface area contributed by atoms with E-state index in [1.807, 2.05) is 42.5 Å². The Labute approximate surface area is 181 Å². The number of rotatable bonds is 7. The lowest BCUT2D eigenvalue weighted by atomic mass is 10.1. The van der Waals surface area contributed by atoms with Crippen LogP contribution in [-0.4, -0.2) is 42.0 Å². The summed E-state index contributed by atoms with van der Waals surface area (Å²) in [5, 5.41) is 2.94. The van der Waals surface area contributed by atoms with Gasteiger partial charge in [0.15, 0.2) is 5.82 Å². The summed E-state index contributed by atoms with van der Waals surface area (Å²) < 4.78 is 5.15. The van der Waals surface area contributed by atoms with E-state index in [0.717, 1.165) is 22.6 Å². The van der Waals surface area contributed by atoms with Crippen molar-refractivity contribution in [1.82, 2.24) is 15.3 Å². The molecule has 2 amide bonds. The quantitative estimate of drug-likeness (QED) is 0.640. The number of amides is 2. The Hall–Kier alpha value is -3.74. The topological polar surface area (TPSA) is 84.4 Å². The minimum Gasteiger partial charge on any atom is -0.497 e. The molecule has 7 nitrogen and oxygen atoms in total. The number of methoxy groups -OCH3 is 1. The molecule has 1 aliphatic heterocycles. The Morgan fingerprint density at radius 2 is 1.81 bits per heavy atom. The average molecular weight is 416 g/mol. The zero-order chi connectivity index (χ0) is 21.6. The summed E-state index contributed by atoms with van der Waals surface area (Å²) in [7, 11) is 1.60. The van der Waals surface area contributed by atoms with Gasteiger partial charge in [-0.25, -0.2) is 9.97 Å². The number of hydrogen-bond acceptors (Lipinski definition) is 5. The number of hydrogen-bond donors (Lipinski definition) is 1. The van der Waals surface area contributed by atoms with Crippen LogP contribution in [0.5, 0.6) is 5.75 Å². The highest BCUT2D eigenvalue weighted by molar-refractivity contribution is 6.00. The Kier molecular flexibility index (Phi) is 6.21. The standard InChI is InChI=1S/C24H24N4O3/c1-31-21-9-7-20(8-10-21)28-16-19(13-22(28)29)24(30)25-12-11-17-14-26-23(27-15-17)18-5-3-2-4-6-18/h2-10,14-15,19H,11-13,16H2,1H3,(H,25,30). The number of carbonyl (C=O) groups excluding carboxylic acids is 2. The molecule has 1 atom stereocenters. The lowest BCUT2D eigenvalue weighted by Gasteiger charge is -2.17. The van der Waals surface area contributed by atoms with Gasteiger partial charge in [-0.05, 0) is 36.2 Å². The van der Waals surface area contributed by atoms with E-state index in [-0.39, 0.29) is 24.2 Å². The Morgan fingerprint density at radius 3 is 2.48 bits per heavy atom. The van der Waals surface area contributed by atoms with Gasteiger partial charge in [-0.1, -0.05) is 30.3 Å². The zero-order valence-corrected chi connectivity index (χ0v) is 17.3. The van der Waals surface area contributed by atoms with Crippen LogP contribution >= 0.6 is 0 Å². The molecule has 0 aliphatic carbocycles. The minimum absolute atomic E-state index is 0.0461. The molecule has 31 heavy (non-hydrogen) atoms. The van der Waals surface area contributed by atoms with Crippen LogP contribution in [0.15, 0.2) is 67.0 Å². The average Bonchev–Trinajstić information content (AvgIpc) is 3.22. The predicted octanol–water partition coefficient (Wildman–Crippen LogP) is 2.86. The zero-order valence-electron chi connectivity index (χ0n) is 17.3. The van der Waals surface area contributed by atoms with Gasteiger partial charge in [0.05, 0.1) is 13.0 Å². The summed E-state index contributed by atoms with van der Waals surface area (Å²) in [5.74, 6) is 0.898. The third-order valence-corrected chi connectivity index (χ3v) is 5.33. The van der Waals surface area contributed by atoms with Crippen molar-refractivity contribution in [3.63, 3.8) is 0 Å². The van der Waals surface area contributed by atoms with E-state index >= 15 is 0 Å². The fourth-order valence-corrected chi connectivity index (χ4v) is 3.59.